The molecule has 80 valence electrons. The Morgan fingerprint density at radius 3 is 2.27 bits per heavy atom. The van der Waals surface area contributed by atoms with Crippen LogP contribution in [0.3, 0.4) is 0 Å². The molecule has 1 heterocycles. The lowest BCUT2D eigenvalue weighted by molar-refractivity contribution is 0.108. The third-order valence-corrected chi connectivity index (χ3v) is 2.74. The first kappa shape index (κ1) is 10.7. The molecule has 0 unspecified atom stereocenters. The molecule has 15 heavy (non-hydrogen) atoms. The van der Waals surface area contributed by atoms with Crippen LogP contribution in [0, 0.1) is 0 Å². The summed E-state index contributed by atoms with van der Waals surface area (Å²) in [7, 11) is -0.0232. The second kappa shape index (κ2) is 4.82. The fraction of sp³-hybridized carbons (Fsp3) is 0.500. The highest BCUT2D eigenvalue weighted by atomic mass is 16.6. The van der Waals surface area contributed by atoms with E-state index in [0.29, 0.717) is 11.7 Å². The summed E-state index contributed by atoms with van der Waals surface area (Å²) in [4.78, 5) is 0. The predicted octanol–water partition coefficient (Wildman–Crippen LogP) is 2.72. The van der Waals surface area contributed by atoms with Gasteiger partial charge in [0.25, 0.3) is 0 Å². The third-order valence-electron chi connectivity index (χ3n) is 2.74. The van der Waals surface area contributed by atoms with Crippen LogP contribution in [0.15, 0.2) is 30.3 Å². The summed E-state index contributed by atoms with van der Waals surface area (Å²) in [6, 6.07) is 10.4. The van der Waals surface area contributed by atoms with Crippen molar-refractivity contribution in [2.75, 3.05) is 13.2 Å². The summed E-state index contributed by atoms with van der Waals surface area (Å²) in [5.41, 5.74) is 1.31. The molecule has 0 N–H and O–H groups in total. The topological polar surface area (TPSA) is 18.5 Å². The van der Waals surface area contributed by atoms with Crippen LogP contribution in [-0.4, -0.2) is 20.3 Å². The molecule has 1 aromatic carbocycles. The molecular formula is C12H17BO2. The van der Waals surface area contributed by atoms with Crippen molar-refractivity contribution in [1.29, 1.82) is 0 Å². The molecule has 1 aliphatic heterocycles. The Labute approximate surface area is 91.7 Å². The van der Waals surface area contributed by atoms with E-state index < -0.39 is 0 Å². The van der Waals surface area contributed by atoms with Gasteiger partial charge < -0.3 is 9.31 Å². The average Bonchev–Trinajstić information content (AvgIpc) is 2.30. The number of hydrogen-bond donors (Lipinski definition) is 0. The monoisotopic (exact) mass is 204 g/mol. The average molecular weight is 204 g/mol. The van der Waals surface area contributed by atoms with Gasteiger partial charge in [0.05, 0.1) is 0 Å². The van der Waals surface area contributed by atoms with Gasteiger partial charge in [-0.25, -0.2) is 0 Å². The molecule has 3 heteroatoms. The second-order valence-corrected chi connectivity index (χ2v) is 4.39. The van der Waals surface area contributed by atoms with Crippen LogP contribution >= 0.6 is 0 Å². The number of hydrogen-bond acceptors (Lipinski definition) is 2. The largest absolute Gasteiger partial charge is 0.459 e. The molecule has 0 atom stereocenters. The van der Waals surface area contributed by atoms with Gasteiger partial charge in [-0.3, -0.25) is 0 Å². The molecule has 0 spiro atoms. The van der Waals surface area contributed by atoms with Crippen molar-refractivity contribution in [2.45, 2.75) is 25.6 Å². The van der Waals surface area contributed by atoms with Gasteiger partial charge >= 0.3 is 7.12 Å². The molecule has 0 aliphatic carbocycles. The lowest BCUT2D eigenvalue weighted by Crippen LogP contribution is -2.36. The number of rotatable bonds is 2. The Kier molecular flexibility index (Phi) is 3.44. The lowest BCUT2D eigenvalue weighted by atomic mass is 9.73. The maximum atomic E-state index is 5.68. The summed E-state index contributed by atoms with van der Waals surface area (Å²) in [6.45, 7) is 5.78. The maximum Gasteiger partial charge on any atom is 0.459 e. The van der Waals surface area contributed by atoms with Gasteiger partial charge in [-0.1, -0.05) is 44.2 Å². The lowest BCUT2D eigenvalue weighted by Gasteiger charge is -2.29. The molecule has 1 saturated heterocycles. The van der Waals surface area contributed by atoms with Gasteiger partial charge in [-0.15, -0.1) is 0 Å². The number of benzene rings is 1. The van der Waals surface area contributed by atoms with E-state index in [0.717, 1.165) is 13.2 Å². The fourth-order valence-corrected chi connectivity index (χ4v) is 1.82. The standard InChI is InChI=1S/C12H17BO2/c1-10(2)13-14-8-12(9-15-13)11-6-4-3-5-7-11/h3-7,10,12H,8-9H2,1-2H3. The predicted molar refractivity (Wildman–Crippen MR) is 61.9 cm³/mol. The summed E-state index contributed by atoms with van der Waals surface area (Å²) >= 11 is 0. The molecule has 0 amide bonds. The maximum absolute atomic E-state index is 5.68. The van der Waals surface area contributed by atoms with E-state index in [1.807, 2.05) is 6.07 Å². The van der Waals surface area contributed by atoms with E-state index in [1.54, 1.807) is 0 Å². The Morgan fingerprint density at radius 1 is 1.13 bits per heavy atom. The van der Waals surface area contributed by atoms with Crippen LogP contribution in [0.5, 0.6) is 0 Å². The van der Waals surface area contributed by atoms with Crippen molar-refractivity contribution in [3.63, 3.8) is 0 Å². The minimum absolute atomic E-state index is 0.0232. The van der Waals surface area contributed by atoms with Gasteiger partial charge in [0, 0.05) is 19.1 Å². The second-order valence-electron chi connectivity index (χ2n) is 4.39. The van der Waals surface area contributed by atoms with Crippen LogP contribution in [-0.2, 0) is 9.31 Å². The van der Waals surface area contributed by atoms with Crippen molar-refractivity contribution in [3.8, 4) is 0 Å². The Hall–Kier alpha value is -0.795. The first-order chi connectivity index (χ1) is 7.27. The van der Waals surface area contributed by atoms with Crippen LogP contribution < -0.4 is 0 Å². The molecule has 2 nitrogen and oxygen atoms in total. The summed E-state index contributed by atoms with van der Waals surface area (Å²) in [5.74, 6) is 0.822. The summed E-state index contributed by atoms with van der Waals surface area (Å²) in [6.07, 6.45) is 0. The third kappa shape index (κ3) is 2.61. The van der Waals surface area contributed by atoms with Gasteiger partial charge in [0.1, 0.15) is 0 Å². The first-order valence-electron chi connectivity index (χ1n) is 5.55. The van der Waals surface area contributed by atoms with Gasteiger partial charge in [-0.2, -0.15) is 0 Å². The van der Waals surface area contributed by atoms with Crippen LogP contribution in [0.1, 0.15) is 25.3 Å². The zero-order valence-corrected chi connectivity index (χ0v) is 9.35. The van der Waals surface area contributed by atoms with Crippen molar-refractivity contribution in [3.05, 3.63) is 35.9 Å². The molecular weight excluding hydrogens is 187 g/mol. The van der Waals surface area contributed by atoms with E-state index in [2.05, 4.69) is 38.1 Å². The molecule has 0 aromatic heterocycles. The van der Waals surface area contributed by atoms with E-state index in [4.69, 9.17) is 9.31 Å². The highest BCUT2D eigenvalue weighted by Gasteiger charge is 2.30. The van der Waals surface area contributed by atoms with Crippen molar-refractivity contribution in [2.24, 2.45) is 0 Å². The molecule has 0 saturated carbocycles. The SMILES string of the molecule is CC(C)B1OCC(c2ccccc2)CO1. The first-order valence-corrected chi connectivity index (χ1v) is 5.55. The Balaban J connectivity index is 1.94. The van der Waals surface area contributed by atoms with Crippen molar-refractivity contribution >= 4 is 7.12 Å². The van der Waals surface area contributed by atoms with Gasteiger partial charge in [0.15, 0.2) is 0 Å². The summed E-state index contributed by atoms with van der Waals surface area (Å²) < 4.78 is 11.4. The molecule has 1 aliphatic rings. The fourth-order valence-electron chi connectivity index (χ4n) is 1.82. The molecule has 1 aromatic rings. The minimum atomic E-state index is -0.0232. The van der Waals surface area contributed by atoms with E-state index in [1.165, 1.54) is 5.56 Å². The Bertz CT molecular complexity index is 292. The normalized spacial score (nSPS) is 18.5. The van der Waals surface area contributed by atoms with Crippen LogP contribution in [0.2, 0.25) is 5.82 Å². The van der Waals surface area contributed by atoms with Gasteiger partial charge in [-0.05, 0) is 11.4 Å². The zero-order chi connectivity index (χ0) is 10.7. The van der Waals surface area contributed by atoms with E-state index in [9.17, 15) is 0 Å². The molecule has 0 bridgehead atoms. The minimum Gasteiger partial charge on any atom is -0.410 e. The molecule has 0 radical (unpaired) electrons. The van der Waals surface area contributed by atoms with Crippen molar-refractivity contribution < 1.29 is 9.31 Å². The molecule has 2 rings (SSSR count). The smallest absolute Gasteiger partial charge is 0.410 e. The van der Waals surface area contributed by atoms with E-state index >= 15 is 0 Å². The van der Waals surface area contributed by atoms with Crippen molar-refractivity contribution in [1.82, 2.24) is 0 Å². The highest BCUT2D eigenvalue weighted by Crippen LogP contribution is 2.24. The zero-order valence-electron chi connectivity index (χ0n) is 9.35. The van der Waals surface area contributed by atoms with Gasteiger partial charge in [0.2, 0.25) is 0 Å². The van der Waals surface area contributed by atoms with E-state index in [-0.39, 0.29) is 7.12 Å². The Morgan fingerprint density at radius 2 is 1.73 bits per heavy atom. The van der Waals surface area contributed by atoms with Crippen LogP contribution in [0.4, 0.5) is 0 Å². The highest BCUT2D eigenvalue weighted by molar-refractivity contribution is 6.46. The van der Waals surface area contributed by atoms with Crippen LogP contribution in [0.25, 0.3) is 0 Å². The quantitative estimate of drug-likeness (QED) is 0.689. The molecule has 1 fully saturated rings. The summed E-state index contributed by atoms with van der Waals surface area (Å²) in [5, 5.41) is 0.